The van der Waals surface area contributed by atoms with Crippen molar-refractivity contribution in [3.63, 3.8) is 0 Å². The van der Waals surface area contributed by atoms with Crippen LogP contribution in [0.4, 0.5) is 0 Å². The van der Waals surface area contributed by atoms with Gasteiger partial charge in [0, 0.05) is 31.0 Å². The minimum atomic E-state index is 0.418. The molecule has 2 aromatic carbocycles. The van der Waals surface area contributed by atoms with E-state index in [0.717, 1.165) is 38.3 Å². The van der Waals surface area contributed by atoms with Crippen molar-refractivity contribution in [2.24, 2.45) is 0 Å². The first-order valence-electron chi connectivity index (χ1n) is 7.84. The Morgan fingerprint density at radius 1 is 0.952 bits per heavy atom. The third kappa shape index (κ3) is 2.24. The van der Waals surface area contributed by atoms with E-state index in [-0.39, 0.29) is 0 Å². The van der Waals surface area contributed by atoms with Gasteiger partial charge in [-0.3, -0.25) is 0 Å². The molecule has 2 aliphatic heterocycles. The molecular weight excluding hydrogens is 258 g/mol. The van der Waals surface area contributed by atoms with Gasteiger partial charge in [-0.2, -0.15) is 0 Å². The lowest BCUT2D eigenvalue weighted by atomic mass is 9.86. The first-order chi connectivity index (χ1) is 10.3. The number of nitrogens with zero attached hydrogens (tertiary/aromatic N) is 1. The SMILES string of the molecule is CN1CCc2ccccc2C(c2cccc3c2OCC3)C1. The zero-order valence-electron chi connectivity index (χ0n) is 12.5. The average Bonchev–Trinajstić information content (AvgIpc) is 2.93. The van der Waals surface area contributed by atoms with Crippen LogP contribution in [-0.4, -0.2) is 31.6 Å². The molecule has 2 nitrogen and oxygen atoms in total. The van der Waals surface area contributed by atoms with Gasteiger partial charge in [-0.1, -0.05) is 42.5 Å². The second-order valence-electron chi connectivity index (χ2n) is 6.20. The highest BCUT2D eigenvalue weighted by Gasteiger charge is 2.27. The van der Waals surface area contributed by atoms with Gasteiger partial charge in [0.2, 0.25) is 0 Å². The summed E-state index contributed by atoms with van der Waals surface area (Å²) in [6, 6.07) is 15.6. The van der Waals surface area contributed by atoms with Crippen LogP contribution in [0.2, 0.25) is 0 Å². The number of rotatable bonds is 1. The van der Waals surface area contributed by atoms with E-state index in [1.54, 1.807) is 0 Å². The summed E-state index contributed by atoms with van der Waals surface area (Å²) in [6.45, 7) is 3.02. The van der Waals surface area contributed by atoms with E-state index in [1.165, 1.54) is 22.3 Å². The number of ether oxygens (including phenoxy) is 1. The zero-order chi connectivity index (χ0) is 14.2. The summed E-state index contributed by atoms with van der Waals surface area (Å²) >= 11 is 0. The van der Waals surface area contributed by atoms with Crippen molar-refractivity contribution in [1.29, 1.82) is 0 Å². The molecule has 21 heavy (non-hydrogen) atoms. The summed E-state index contributed by atoms with van der Waals surface area (Å²) in [7, 11) is 2.23. The number of benzene rings is 2. The minimum Gasteiger partial charge on any atom is -0.493 e. The van der Waals surface area contributed by atoms with Crippen LogP contribution in [0.5, 0.6) is 5.75 Å². The van der Waals surface area contributed by atoms with Crippen molar-refractivity contribution in [3.05, 3.63) is 64.7 Å². The molecule has 0 spiro atoms. The Morgan fingerprint density at radius 3 is 2.71 bits per heavy atom. The fraction of sp³-hybridized carbons (Fsp3) is 0.368. The maximum atomic E-state index is 5.96. The molecule has 108 valence electrons. The summed E-state index contributed by atoms with van der Waals surface area (Å²) in [5.41, 5.74) is 5.70. The number of hydrogen-bond donors (Lipinski definition) is 0. The van der Waals surface area contributed by atoms with E-state index < -0.39 is 0 Å². The second-order valence-corrected chi connectivity index (χ2v) is 6.20. The highest BCUT2D eigenvalue weighted by atomic mass is 16.5. The van der Waals surface area contributed by atoms with Gasteiger partial charge in [-0.25, -0.2) is 0 Å². The molecule has 0 saturated heterocycles. The van der Waals surface area contributed by atoms with Crippen LogP contribution in [0, 0.1) is 0 Å². The molecule has 2 aliphatic rings. The first kappa shape index (κ1) is 12.9. The molecule has 2 heteroatoms. The zero-order valence-corrected chi connectivity index (χ0v) is 12.5. The predicted octanol–water partition coefficient (Wildman–Crippen LogP) is 3.24. The summed E-state index contributed by atoms with van der Waals surface area (Å²) in [6.07, 6.45) is 2.19. The lowest BCUT2D eigenvalue weighted by molar-refractivity contribution is 0.327. The molecule has 0 aliphatic carbocycles. The highest BCUT2D eigenvalue weighted by molar-refractivity contribution is 5.50. The molecule has 0 amide bonds. The Morgan fingerprint density at radius 2 is 1.76 bits per heavy atom. The van der Waals surface area contributed by atoms with Gasteiger partial charge in [0.15, 0.2) is 0 Å². The van der Waals surface area contributed by atoms with Crippen LogP contribution < -0.4 is 4.74 Å². The van der Waals surface area contributed by atoms with Crippen molar-refractivity contribution in [3.8, 4) is 5.75 Å². The molecule has 0 radical (unpaired) electrons. The predicted molar refractivity (Wildman–Crippen MR) is 85.1 cm³/mol. The van der Waals surface area contributed by atoms with Gasteiger partial charge in [0.1, 0.15) is 5.75 Å². The molecule has 0 bridgehead atoms. The topological polar surface area (TPSA) is 12.5 Å². The molecule has 1 atom stereocenters. The van der Waals surface area contributed by atoms with Crippen molar-refractivity contribution in [1.82, 2.24) is 4.90 Å². The van der Waals surface area contributed by atoms with E-state index in [4.69, 9.17) is 4.74 Å². The van der Waals surface area contributed by atoms with Crippen molar-refractivity contribution < 1.29 is 4.74 Å². The summed E-state index contributed by atoms with van der Waals surface area (Å²) < 4.78 is 5.96. The van der Waals surface area contributed by atoms with Crippen LogP contribution in [0.1, 0.15) is 28.2 Å². The van der Waals surface area contributed by atoms with Crippen LogP contribution >= 0.6 is 0 Å². The fourth-order valence-corrected chi connectivity index (χ4v) is 3.70. The van der Waals surface area contributed by atoms with Gasteiger partial charge in [0.05, 0.1) is 6.61 Å². The summed E-state index contributed by atoms with van der Waals surface area (Å²) in [5.74, 6) is 1.56. The number of para-hydroxylation sites is 1. The normalized spacial score (nSPS) is 21.3. The largest absolute Gasteiger partial charge is 0.493 e. The third-order valence-corrected chi connectivity index (χ3v) is 4.81. The Bertz CT molecular complexity index is 664. The molecule has 4 rings (SSSR count). The van der Waals surface area contributed by atoms with E-state index in [1.807, 2.05) is 0 Å². The monoisotopic (exact) mass is 279 g/mol. The van der Waals surface area contributed by atoms with Crippen LogP contribution in [0.3, 0.4) is 0 Å². The smallest absolute Gasteiger partial charge is 0.126 e. The third-order valence-electron chi connectivity index (χ3n) is 4.81. The van der Waals surface area contributed by atoms with E-state index in [2.05, 4.69) is 54.4 Å². The Labute approximate surface area is 126 Å². The molecule has 0 aromatic heterocycles. The second kappa shape index (κ2) is 5.19. The lowest BCUT2D eigenvalue weighted by Crippen LogP contribution is -2.24. The van der Waals surface area contributed by atoms with Crippen molar-refractivity contribution >= 4 is 0 Å². The Balaban J connectivity index is 1.85. The van der Waals surface area contributed by atoms with Crippen molar-refractivity contribution in [2.75, 3.05) is 26.7 Å². The van der Waals surface area contributed by atoms with Crippen LogP contribution in [0.15, 0.2) is 42.5 Å². The average molecular weight is 279 g/mol. The maximum absolute atomic E-state index is 5.96. The Hall–Kier alpha value is -1.80. The van der Waals surface area contributed by atoms with Crippen LogP contribution in [0.25, 0.3) is 0 Å². The van der Waals surface area contributed by atoms with E-state index in [0.29, 0.717) is 5.92 Å². The molecule has 2 aromatic rings. The first-order valence-corrected chi connectivity index (χ1v) is 7.84. The quantitative estimate of drug-likeness (QED) is 0.794. The van der Waals surface area contributed by atoms with E-state index in [9.17, 15) is 0 Å². The van der Waals surface area contributed by atoms with Crippen LogP contribution in [-0.2, 0) is 12.8 Å². The Kier molecular flexibility index (Phi) is 3.19. The highest BCUT2D eigenvalue weighted by Crippen LogP contribution is 2.39. The molecule has 1 unspecified atom stereocenters. The maximum Gasteiger partial charge on any atom is 0.126 e. The molecular formula is C19H21NO. The minimum absolute atomic E-state index is 0.418. The summed E-state index contributed by atoms with van der Waals surface area (Å²) in [4.78, 5) is 2.44. The standard InChI is InChI=1S/C19H21NO/c1-20-11-9-14-5-2-3-7-16(14)18(13-20)17-8-4-6-15-10-12-21-19(15)17/h2-8,18H,9-13H2,1H3. The van der Waals surface area contributed by atoms with Gasteiger partial charge >= 0.3 is 0 Å². The number of hydrogen-bond acceptors (Lipinski definition) is 2. The molecule has 0 fully saturated rings. The summed E-state index contributed by atoms with van der Waals surface area (Å²) in [5, 5.41) is 0. The van der Waals surface area contributed by atoms with Gasteiger partial charge in [0.25, 0.3) is 0 Å². The number of fused-ring (bicyclic) bond motifs is 2. The molecule has 0 saturated carbocycles. The van der Waals surface area contributed by atoms with E-state index >= 15 is 0 Å². The van der Waals surface area contributed by atoms with Gasteiger partial charge < -0.3 is 9.64 Å². The van der Waals surface area contributed by atoms with Gasteiger partial charge in [-0.15, -0.1) is 0 Å². The number of likely N-dealkylation sites (N-methyl/N-ethyl adjacent to an activating group) is 1. The fourth-order valence-electron chi connectivity index (χ4n) is 3.70. The van der Waals surface area contributed by atoms with Crippen molar-refractivity contribution in [2.45, 2.75) is 18.8 Å². The lowest BCUT2D eigenvalue weighted by Gasteiger charge is -2.23. The van der Waals surface area contributed by atoms with Gasteiger partial charge in [-0.05, 0) is 30.2 Å². The molecule has 0 N–H and O–H groups in total. The molecule has 2 heterocycles.